The Morgan fingerprint density at radius 3 is 2.30 bits per heavy atom. The third-order valence-corrected chi connectivity index (χ3v) is 3.68. The van der Waals surface area contributed by atoms with Crippen LogP contribution in [0.25, 0.3) is 0 Å². The molecule has 1 fully saturated rings. The standard InChI is InChI=1S/C14H19N3O3/c1-12(18)16-10-8-15(9-11-16)7-6-13-2-4-14(5-3-13)17(19)20/h2-5H,6-11H2,1H3. The van der Waals surface area contributed by atoms with E-state index in [0.717, 1.165) is 44.7 Å². The van der Waals surface area contributed by atoms with Crippen LogP contribution in [-0.2, 0) is 11.2 Å². The monoisotopic (exact) mass is 277 g/mol. The van der Waals surface area contributed by atoms with Crippen LogP contribution in [0.4, 0.5) is 5.69 Å². The van der Waals surface area contributed by atoms with Gasteiger partial charge in [0.05, 0.1) is 4.92 Å². The molecule has 0 spiro atoms. The smallest absolute Gasteiger partial charge is 0.269 e. The van der Waals surface area contributed by atoms with Crippen molar-refractivity contribution in [1.29, 1.82) is 0 Å². The van der Waals surface area contributed by atoms with Crippen LogP contribution >= 0.6 is 0 Å². The number of amides is 1. The van der Waals surface area contributed by atoms with E-state index in [2.05, 4.69) is 4.90 Å². The summed E-state index contributed by atoms with van der Waals surface area (Å²) in [6.45, 7) is 5.89. The third kappa shape index (κ3) is 3.77. The van der Waals surface area contributed by atoms with E-state index < -0.39 is 0 Å². The molecule has 2 rings (SSSR count). The lowest BCUT2D eigenvalue weighted by Gasteiger charge is -2.34. The summed E-state index contributed by atoms with van der Waals surface area (Å²) < 4.78 is 0. The lowest BCUT2D eigenvalue weighted by Crippen LogP contribution is -2.48. The summed E-state index contributed by atoms with van der Waals surface area (Å²) in [6.07, 6.45) is 0.873. The summed E-state index contributed by atoms with van der Waals surface area (Å²) >= 11 is 0. The first kappa shape index (κ1) is 14.5. The SMILES string of the molecule is CC(=O)N1CCN(CCc2ccc([N+](=O)[O-])cc2)CC1. The van der Waals surface area contributed by atoms with Crippen LogP contribution in [0.1, 0.15) is 12.5 Å². The largest absolute Gasteiger partial charge is 0.340 e. The van der Waals surface area contributed by atoms with Gasteiger partial charge in [0.15, 0.2) is 0 Å². The Labute approximate surface area is 118 Å². The van der Waals surface area contributed by atoms with Crippen molar-refractivity contribution in [3.8, 4) is 0 Å². The maximum atomic E-state index is 11.2. The predicted molar refractivity (Wildman–Crippen MR) is 75.5 cm³/mol. The average Bonchev–Trinajstić information content (AvgIpc) is 2.46. The van der Waals surface area contributed by atoms with Crippen LogP contribution in [0.2, 0.25) is 0 Å². The molecule has 0 radical (unpaired) electrons. The maximum absolute atomic E-state index is 11.2. The van der Waals surface area contributed by atoms with Crippen molar-refractivity contribution in [2.24, 2.45) is 0 Å². The summed E-state index contributed by atoms with van der Waals surface area (Å²) in [4.78, 5) is 25.6. The highest BCUT2D eigenvalue weighted by molar-refractivity contribution is 5.73. The number of non-ortho nitro benzene ring substituents is 1. The van der Waals surface area contributed by atoms with Gasteiger partial charge in [-0.15, -0.1) is 0 Å². The lowest BCUT2D eigenvalue weighted by atomic mass is 10.1. The summed E-state index contributed by atoms with van der Waals surface area (Å²) in [5.41, 5.74) is 1.23. The number of nitro groups is 1. The molecule has 1 heterocycles. The summed E-state index contributed by atoms with van der Waals surface area (Å²) in [5.74, 6) is 0.139. The molecule has 1 saturated heterocycles. The van der Waals surface area contributed by atoms with Gasteiger partial charge in [-0.3, -0.25) is 19.8 Å². The van der Waals surface area contributed by atoms with E-state index in [9.17, 15) is 14.9 Å². The zero-order valence-corrected chi connectivity index (χ0v) is 11.6. The Balaban J connectivity index is 1.78. The van der Waals surface area contributed by atoms with Crippen molar-refractivity contribution in [3.05, 3.63) is 39.9 Å². The average molecular weight is 277 g/mol. The second kappa shape index (κ2) is 6.47. The number of rotatable bonds is 4. The maximum Gasteiger partial charge on any atom is 0.269 e. The first-order chi connectivity index (χ1) is 9.56. The van der Waals surface area contributed by atoms with Gasteiger partial charge in [0, 0.05) is 51.8 Å². The third-order valence-electron chi connectivity index (χ3n) is 3.68. The normalized spacial score (nSPS) is 16.1. The molecule has 1 aliphatic rings. The Kier molecular flexibility index (Phi) is 4.68. The fraction of sp³-hybridized carbons (Fsp3) is 0.500. The number of hydrogen-bond acceptors (Lipinski definition) is 4. The second-order valence-electron chi connectivity index (χ2n) is 5.02. The molecule has 108 valence electrons. The quantitative estimate of drug-likeness (QED) is 0.614. The van der Waals surface area contributed by atoms with Crippen molar-refractivity contribution >= 4 is 11.6 Å². The summed E-state index contributed by atoms with van der Waals surface area (Å²) in [6, 6.07) is 6.71. The lowest BCUT2D eigenvalue weighted by molar-refractivity contribution is -0.384. The highest BCUT2D eigenvalue weighted by Gasteiger charge is 2.18. The molecule has 20 heavy (non-hydrogen) atoms. The van der Waals surface area contributed by atoms with Gasteiger partial charge in [-0.2, -0.15) is 0 Å². The molecule has 1 aromatic rings. The number of carbonyl (C=O) groups is 1. The van der Waals surface area contributed by atoms with E-state index >= 15 is 0 Å². The molecule has 6 heteroatoms. The molecule has 1 aromatic carbocycles. The molecule has 0 atom stereocenters. The molecule has 0 saturated carbocycles. The van der Waals surface area contributed by atoms with Gasteiger partial charge in [0.25, 0.3) is 5.69 Å². The molecule has 6 nitrogen and oxygen atoms in total. The van der Waals surface area contributed by atoms with Crippen LogP contribution < -0.4 is 0 Å². The van der Waals surface area contributed by atoms with Crippen LogP contribution in [-0.4, -0.2) is 53.4 Å². The zero-order chi connectivity index (χ0) is 14.5. The number of carbonyl (C=O) groups excluding carboxylic acids is 1. The van der Waals surface area contributed by atoms with E-state index in [0.29, 0.717) is 0 Å². The summed E-state index contributed by atoms with van der Waals surface area (Å²) in [5, 5.41) is 10.6. The minimum absolute atomic E-state index is 0.129. The van der Waals surface area contributed by atoms with E-state index in [-0.39, 0.29) is 16.5 Å². The Morgan fingerprint density at radius 1 is 1.20 bits per heavy atom. The minimum Gasteiger partial charge on any atom is -0.340 e. The number of hydrogen-bond donors (Lipinski definition) is 0. The van der Waals surface area contributed by atoms with Crippen LogP contribution in [0.15, 0.2) is 24.3 Å². The molecule has 1 amide bonds. The first-order valence-electron chi connectivity index (χ1n) is 6.77. The molecular formula is C14H19N3O3. The van der Waals surface area contributed by atoms with E-state index in [1.807, 2.05) is 17.0 Å². The number of piperazine rings is 1. The van der Waals surface area contributed by atoms with Crippen molar-refractivity contribution in [2.45, 2.75) is 13.3 Å². The van der Waals surface area contributed by atoms with Crippen LogP contribution in [0, 0.1) is 10.1 Å². The number of nitro benzene ring substituents is 1. The van der Waals surface area contributed by atoms with Gasteiger partial charge in [0.1, 0.15) is 0 Å². The van der Waals surface area contributed by atoms with Gasteiger partial charge in [-0.1, -0.05) is 12.1 Å². The second-order valence-corrected chi connectivity index (χ2v) is 5.02. The molecule has 0 aliphatic carbocycles. The van der Waals surface area contributed by atoms with Crippen molar-refractivity contribution in [2.75, 3.05) is 32.7 Å². The molecule has 0 unspecified atom stereocenters. The first-order valence-corrected chi connectivity index (χ1v) is 6.77. The topological polar surface area (TPSA) is 66.7 Å². The van der Waals surface area contributed by atoms with Gasteiger partial charge < -0.3 is 4.90 Å². The fourth-order valence-electron chi connectivity index (χ4n) is 2.36. The molecule has 0 aromatic heterocycles. The minimum atomic E-state index is -0.384. The highest BCUT2D eigenvalue weighted by Crippen LogP contribution is 2.13. The zero-order valence-electron chi connectivity index (χ0n) is 11.6. The van der Waals surface area contributed by atoms with E-state index in [1.165, 1.54) is 0 Å². The van der Waals surface area contributed by atoms with Crippen molar-refractivity contribution < 1.29 is 9.72 Å². The number of nitrogens with zero attached hydrogens (tertiary/aromatic N) is 3. The van der Waals surface area contributed by atoms with E-state index in [1.54, 1.807) is 19.1 Å². The van der Waals surface area contributed by atoms with Gasteiger partial charge in [-0.05, 0) is 12.0 Å². The van der Waals surface area contributed by atoms with Crippen LogP contribution in [0.3, 0.4) is 0 Å². The molecule has 0 bridgehead atoms. The Bertz CT molecular complexity index is 479. The highest BCUT2D eigenvalue weighted by atomic mass is 16.6. The Hall–Kier alpha value is -1.95. The van der Waals surface area contributed by atoms with Gasteiger partial charge >= 0.3 is 0 Å². The van der Waals surface area contributed by atoms with Gasteiger partial charge in [-0.25, -0.2) is 0 Å². The predicted octanol–water partition coefficient (Wildman–Crippen LogP) is 1.30. The molecule has 1 aliphatic heterocycles. The van der Waals surface area contributed by atoms with E-state index in [4.69, 9.17) is 0 Å². The van der Waals surface area contributed by atoms with Crippen molar-refractivity contribution in [1.82, 2.24) is 9.80 Å². The Morgan fingerprint density at radius 2 is 1.80 bits per heavy atom. The number of benzene rings is 1. The summed E-state index contributed by atoms with van der Waals surface area (Å²) in [7, 11) is 0. The fourth-order valence-corrected chi connectivity index (χ4v) is 2.36. The molecule has 0 N–H and O–H groups in total. The van der Waals surface area contributed by atoms with Crippen molar-refractivity contribution in [3.63, 3.8) is 0 Å². The molecular weight excluding hydrogens is 258 g/mol. The van der Waals surface area contributed by atoms with Crippen LogP contribution in [0.5, 0.6) is 0 Å². The van der Waals surface area contributed by atoms with Gasteiger partial charge in [0.2, 0.25) is 5.91 Å².